The van der Waals surface area contributed by atoms with Crippen molar-refractivity contribution in [1.29, 1.82) is 0 Å². The predicted molar refractivity (Wildman–Crippen MR) is 109 cm³/mol. The first kappa shape index (κ1) is 18.4. The lowest BCUT2D eigenvalue weighted by atomic mass is 9.92. The van der Waals surface area contributed by atoms with E-state index in [1.807, 2.05) is 6.20 Å². The molecule has 0 aliphatic carbocycles. The Morgan fingerprint density at radius 3 is 2.67 bits per heavy atom. The highest BCUT2D eigenvalue weighted by molar-refractivity contribution is 5.93. The minimum absolute atomic E-state index is 0.130. The molecule has 1 aliphatic heterocycles. The molecule has 1 fully saturated rings. The van der Waals surface area contributed by atoms with Crippen molar-refractivity contribution in [2.45, 2.75) is 19.3 Å². The molecule has 9 heteroatoms. The van der Waals surface area contributed by atoms with Crippen LogP contribution in [-0.2, 0) is 6.42 Å². The lowest BCUT2D eigenvalue weighted by molar-refractivity contribution is 0.0677. The lowest BCUT2D eigenvalue weighted by Crippen LogP contribution is -2.39. The van der Waals surface area contributed by atoms with E-state index in [1.165, 1.54) is 6.07 Å². The number of nitrogens with two attached hydrogens (primary N) is 1. The maximum atomic E-state index is 14.1. The molecule has 5 rings (SSSR count). The highest BCUT2D eigenvalue weighted by Gasteiger charge is 2.26. The molecule has 1 aliphatic rings. The van der Waals surface area contributed by atoms with Crippen LogP contribution in [0.1, 0.15) is 29.2 Å². The van der Waals surface area contributed by atoms with Crippen LogP contribution in [0.3, 0.4) is 0 Å². The van der Waals surface area contributed by atoms with E-state index in [-0.39, 0.29) is 23.2 Å². The minimum atomic E-state index is -0.411. The number of nitrogens with zero attached hydrogens (tertiary/aromatic N) is 6. The Labute approximate surface area is 171 Å². The van der Waals surface area contributed by atoms with Gasteiger partial charge in [-0.2, -0.15) is 0 Å². The van der Waals surface area contributed by atoms with Crippen LogP contribution < -0.4 is 5.73 Å². The summed E-state index contributed by atoms with van der Waals surface area (Å²) in [5.74, 6) is 0.302. The SMILES string of the molecule is Nc1nc2c(F)cccc2c2nc(CC3CCN(C(=O)c4ncccn4)CC3)cn12. The summed E-state index contributed by atoms with van der Waals surface area (Å²) >= 11 is 0. The summed E-state index contributed by atoms with van der Waals surface area (Å²) in [6.45, 7) is 1.32. The number of carbonyl (C=O) groups excluding carboxylic acids is 1. The molecule has 0 unspecified atom stereocenters. The van der Waals surface area contributed by atoms with E-state index in [1.54, 1.807) is 39.9 Å². The first-order valence-corrected chi connectivity index (χ1v) is 9.88. The predicted octanol–water partition coefficient (Wildman–Crippen LogP) is 2.49. The number of hydrogen-bond donors (Lipinski definition) is 1. The van der Waals surface area contributed by atoms with E-state index in [0.717, 1.165) is 25.0 Å². The quantitative estimate of drug-likeness (QED) is 0.562. The van der Waals surface area contributed by atoms with Crippen molar-refractivity contribution in [2.24, 2.45) is 5.92 Å². The van der Waals surface area contributed by atoms with Gasteiger partial charge in [-0.25, -0.2) is 24.3 Å². The summed E-state index contributed by atoms with van der Waals surface area (Å²) in [5.41, 5.74) is 7.76. The summed E-state index contributed by atoms with van der Waals surface area (Å²) in [5, 5.41) is 0.638. The third-order valence-electron chi connectivity index (χ3n) is 5.61. The van der Waals surface area contributed by atoms with Gasteiger partial charge in [0.25, 0.3) is 5.91 Å². The smallest absolute Gasteiger partial charge is 0.291 e. The molecule has 2 N–H and O–H groups in total. The molecule has 0 saturated carbocycles. The first-order valence-electron chi connectivity index (χ1n) is 9.88. The van der Waals surface area contributed by atoms with Gasteiger partial charge in [-0.05, 0) is 43.4 Å². The molecule has 0 radical (unpaired) electrons. The largest absolute Gasteiger partial charge is 0.369 e. The average Bonchev–Trinajstić information content (AvgIpc) is 3.20. The fourth-order valence-corrected chi connectivity index (χ4v) is 4.06. The Morgan fingerprint density at radius 2 is 1.90 bits per heavy atom. The maximum Gasteiger partial charge on any atom is 0.291 e. The van der Waals surface area contributed by atoms with Crippen molar-refractivity contribution < 1.29 is 9.18 Å². The summed E-state index contributed by atoms with van der Waals surface area (Å²) in [7, 11) is 0. The summed E-state index contributed by atoms with van der Waals surface area (Å²) in [4.78, 5) is 31.3. The molecular weight excluding hydrogens is 385 g/mol. The van der Waals surface area contributed by atoms with Crippen LogP contribution in [-0.4, -0.2) is 48.2 Å². The second kappa shape index (κ2) is 7.33. The number of amides is 1. The van der Waals surface area contributed by atoms with Crippen molar-refractivity contribution in [3.63, 3.8) is 0 Å². The zero-order valence-corrected chi connectivity index (χ0v) is 16.2. The summed E-state index contributed by atoms with van der Waals surface area (Å²) in [6, 6.07) is 6.50. The zero-order valence-electron chi connectivity index (χ0n) is 16.2. The van der Waals surface area contributed by atoms with Crippen LogP contribution >= 0.6 is 0 Å². The second-order valence-corrected chi connectivity index (χ2v) is 7.54. The number of aromatic nitrogens is 5. The molecule has 0 atom stereocenters. The number of benzene rings is 1. The van der Waals surface area contributed by atoms with Crippen LogP contribution in [0.25, 0.3) is 16.6 Å². The van der Waals surface area contributed by atoms with Crippen LogP contribution in [0.2, 0.25) is 0 Å². The Bertz CT molecular complexity index is 1230. The Hall–Kier alpha value is -3.62. The topological polar surface area (TPSA) is 102 Å². The standard InChI is InChI=1S/C21H20FN7O/c22-16-4-1-3-15-17(16)27-21(23)29-12-14(26-19(15)29)11-13-5-9-28(10-6-13)20(30)18-24-7-2-8-25-18/h1-4,7-8,12-13H,5-6,9-11H2,(H2,23,27). The lowest BCUT2D eigenvalue weighted by Gasteiger charge is -2.31. The van der Waals surface area contributed by atoms with E-state index in [4.69, 9.17) is 10.7 Å². The fourth-order valence-electron chi connectivity index (χ4n) is 4.06. The normalized spacial score (nSPS) is 15.2. The molecule has 152 valence electrons. The van der Waals surface area contributed by atoms with Crippen molar-refractivity contribution >= 4 is 28.4 Å². The van der Waals surface area contributed by atoms with Gasteiger partial charge in [-0.3, -0.25) is 9.20 Å². The van der Waals surface area contributed by atoms with Crippen LogP contribution in [0, 0.1) is 11.7 Å². The summed E-state index contributed by atoms with van der Waals surface area (Å²) < 4.78 is 15.8. The van der Waals surface area contributed by atoms with Gasteiger partial charge in [-0.15, -0.1) is 0 Å². The molecule has 1 aromatic carbocycles. The number of para-hydroxylation sites is 1. The highest BCUT2D eigenvalue weighted by Crippen LogP contribution is 2.26. The number of hydrogen-bond acceptors (Lipinski definition) is 6. The van der Waals surface area contributed by atoms with Gasteiger partial charge < -0.3 is 10.6 Å². The third kappa shape index (κ3) is 3.22. The van der Waals surface area contributed by atoms with Crippen molar-refractivity contribution in [3.8, 4) is 0 Å². The zero-order chi connectivity index (χ0) is 20.7. The van der Waals surface area contributed by atoms with Gasteiger partial charge in [0, 0.05) is 37.1 Å². The number of nitrogen functional groups attached to an aromatic ring is 1. The van der Waals surface area contributed by atoms with Crippen LogP contribution in [0.5, 0.6) is 0 Å². The second-order valence-electron chi connectivity index (χ2n) is 7.54. The van der Waals surface area contributed by atoms with Crippen molar-refractivity contribution in [3.05, 3.63) is 60.2 Å². The number of rotatable bonds is 3. The Kier molecular flexibility index (Phi) is 4.50. The summed E-state index contributed by atoms with van der Waals surface area (Å²) in [6.07, 6.45) is 7.53. The van der Waals surface area contributed by atoms with E-state index in [9.17, 15) is 9.18 Å². The molecule has 0 spiro atoms. The van der Waals surface area contributed by atoms with Gasteiger partial charge in [0.2, 0.25) is 11.8 Å². The average molecular weight is 405 g/mol. The van der Waals surface area contributed by atoms with Gasteiger partial charge in [0.15, 0.2) is 0 Å². The molecule has 4 heterocycles. The molecule has 1 saturated heterocycles. The molecular formula is C21H20FN7O. The Morgan fingerprint density at radius 1 is 1.13 bits per heavy atom. The van der Waals surface area contributed by atoms with E-state index in [0.29, 0.717) is 30.0 Å². The molecule has 3 aromatic heterocycles. The van der Waals surface area contributed by atoms with Crippen molar-refractivity contribution in [2.75, 3.05) is 18.8 Å². The molecule has 0 bridgehead atoms. The van der Waals surface area contributed by atoms with E-state index < -0.39 is 5.82 Å². The van der Waals surface area contributed by atoms with Gasteiger partial charge in [0.05, 0.1) is 5.69 Å². The minimum Gasteiger partial charge on any atom is -0.369 e. The first-order chi connectivity index (χ1) is 14.6. The third-order valence-corrected chi connectivity index (χ3v) is 5.61. The number of halogens is 1. The number of imidazole rings is 1. The van der Waals surface area contributed by atoms with E-state index in [2.05, 4.69) is 15.0 Å². The molecule has 1 amide bonds. The maximum absolute atomic E-state index is 14.1. The monoisotopic (exact) mass is 405 g/mol. The number of likely N-dealkylation sites (tertiary alicyclic amines) is 1. The number of carbonyl (C=O) groups is 1. The van der Waals surface area contributed by atoms with Gasteiger partial charge >= 0.3 is 0 Å². The van der Waals surface area contributed by atoms with Gasteiger partial charge in [0.1, 0.15) is 17.0 Å². The highest BCUT2D eigenvalue weighted by atomic mass is 19.1. The molecule has 4 aromatic rings. The van der Waals surface area contributed by atoms with Crippen molar-refractivity contribution in [1.82, 2.24) is 29.2 Å². The van der Waals surface area contributed by atoms with Crippen LogP contribution in [0.4, 0.5) is 10.3 Å². The van der Waals surface area contributed by atoms with E-state index >= 15 is 0 Å². The molecule has 30 heavy (non-hydrogen) atoms. The number of piperidine rings is 1. The Balaban J connectivity index is 1.32. The number of anilines is 1. The fraction of sp³-hybridized carbons (Fsp3) is 0.286. The number of fused-ring (bicyclic) bond motifs is 3. The van der Waals surface area contributed by atoms with Crippen LogP contribution in [0.15, 0.2) is 42.9 Å². The molecule has 8 nitrogen and oxygen atoms in total. The van der Waals surface area contributed by atoms with Gasteiger partial charge in [-0.1, -0.05) is 6.07 Å².